The lowest BCUT2D eigenvalue weighted by molar-refractivity contribution is 0.0913. The average molecular weight is 397 g/mol. The third-order valence-corrected chi connectivity index (χ3v) is 5.27. The fourth-order valence-electron chi connectivity index (χ4n) is 3.74. The van der Waals surface area contributed by atoms with Crippen LogP contribution in [0.5, 0.6) is 0 Å². The summed E-state index contributed by atoms with van der Waals surface area (Å²) in [4.78, 5) is 26.2. The summed E-state index contributed by atoms with van der Waals surface area (Å²) in [5.74, 6) is -0.859. The van der Waals surface area contributed by atoms with Crippen LogP contribution in [0.2, 0.25) is 0 Å². The van der Waals surface area contributed by atoms with Crippen LogP contribution in [0.4, 0.5) is 0 Å². The van der Waals surface area contributed by atoms with E-state index in [1.54, 1.807) is 6.20 Å². The van der Waals surface area contributed by atoms with Gasteiger partial charge in [-0.15, -0.1) is 0 Å². The first-order chi connectivity index (χ1) is 14.6. The summed E-state index contributed by atoms with van der Waals surface area (Å²) in [6, 6.07) is 16.9. The Labute approximate surface area is 171 Å². The van der Waals surface area contributed by atoms with Gasteiger partial charge >= 0.3 is 0 Å². The van der Waals surface area contributed by atoms with Gasteiger partial charge in [-0.1, -0.05) is 30.3 Å². The molecule has 0 amide bonds. The number of aliphatic hydroxyl groups excluding tert-OH is 1. The Morgan fingerprint density at radius 2 is 1.80 bits per heavy atom. The normalized spacial score (nSPS) is 12.5. The van der Waals surface area contributed by atoms with E-state index >= 15 is 0 Å². The van der Waals surface area contributed by atoms with E-state index in [4.69, 9.17) is 0 Å². The minimum absolute atomic E-state index is 0.117. The minimum Gasteiger partial charge on any atom is -0.395 e. The smallest absolute Gasteiger partial charge is 0.209 e. The van der Waals surface area contributed by atoms with Crippen LogP contribution < -0.4 is 0 Å². The van der Waals surface area contributed by atoms with Crippen molar-refractivity contribution in [2.24, 2.45) is 0 Å². The molecule has 1 atom stereocenters. The Kier molecular flexibility index (Phi) is 4.37. The third kappa shape index (κ3) is 3.05. The number of carbonyl (C=O) groups is 1. The molecule has 0 fully saturated rings. The van der Waals surface area contributed by atoms with Crippen molar-refractivity contribution in [3.63, 3.8) is 0 Å². The second kappa shape index (κ2) is 7.20. The first-order valence-corrected chi connectivity index (χ1v) is 9.65. The molecule has 0 aliphatic rings. The lowest BCUT2D eigenvalue weighted by Gasteiger charge is -2.11. The maximum atomic E-state index is 13.0. The van der Waals surface area contributed by atoms with Crippen molar-refractivity contribution in [1.29, 1.82) is 0 Å². The highest BCUT2D eigenvalue weighted by Gasteiger charge is 2.25. The van der Waals surface area contributed by atoms with E-state index in [0.717, 1.165) is 33.4 Å². The fraction of sp³-hybridized carbons (Fsp3) is 0.130. The van der Waals surface area contributed by atoms with Crippen LogP contribution in [0.25, 0.3) is 33.2 Å². The summed E-state index contributed by atoms with van der Waals surface area (Å²) < 4.78 is 0. The van der Waals surface area contributed by atoms with Gasteiger partial charge < -0.3 is 10.2 Å². The van der Waals surface area contributed by atoms with Crippen LogP contribution in [0.1, 0.15) is 27.8 Å². The van der Waals surface area contributed by atoms with E-state index < -0.39 is 5.92 Å². The Morgan fingerprint density at radius 1 is 1.03 bits per heavy atom. The standard InChI is InChI=1S/C23H19N5O2/c1-13-9-15(7-8-24-13)21-16-10-19-20(11-18(16)27-28-21)26-23(25-19)22(30)17(12-29)14-5-3-2-4-6-14/h2-11,17,27-29H,12H2,1H3/t17-/m1/s1. The van der Waals surface area contributed by atoms with E-state index in [1.165, 1.54) is 0 Å². The van der Waals surface area contributed by atoms with Crippen LogP contribution in [0.3, 0.4) is 0 Å². The number of imidazole rings is 1. The van der Waals surface area contributed by atoms with Crippen molar-refractivity contribution in [3.05, 3.63) is 77.9 Å². The van der Waals surface area contributed by atoms with Crippen molar-refractivity contribution in [2.75, 3.05) is 6.61 Å². The molecule has 0 bridgehead atoms. The van der Waals surface area contributed by atoms with E-state index in [0.29, 0.717) is 11.0 Å². The molecule has 2 aromatic carbocycles. The molecule has 3 heterocycles. The van der Waals surface area contributed by atoms with Gasteiger partial charge in [-0.2, -0.15) is 0 Å². The first kappa shape index (κ1) is 18.2. The Hall–Kier alpha value is -3.84. The van der Waals surface area contributed by atoms with E-state index in [9.17, 15) is 9.90 Å². The van der Waals surface area contributed by atoms with E-state index in [1.807, 2.05) is 61.5 Å². The number of hydrogen-bond donors (Lipinski definition) is 3. The van der Waals surface area contributed by atoms with Gasteiger partial charge in [0.1, 0.15) is 0 Å². The zero-order chi connectivity index (χ0) is 20.7. The van der Waals surface area contributed by atoms with Crippen molar-refractivity contribution in [3.8, 4) is 11.3 Å². The summed E-state index contributed by atoms with van der Waals surface area (Å²) in [5.41, 5.74) is 5.73. The maximum Gasteiger partial charge on any atom is 0.209 e. The monoisotopic (exact) mass is 397 g/mol. The molecule has 7 heteroatoms. The maximum absolute atomic E-state index is 13.0. The molecule has 0 unspecified atom stereocenters. The average Bonchev–Trinajstić information content (AvgIpc) is 3.36. The first-order valence-electron chi connectivity index (χ1n) is 9.65. The number of carbonyl (C=O) groups excluding carboxylic acids is 1. The molecule has 0 spiro atoms. The zero-order valence-electron chi connectivity index (χ0n) is 16.3. The highest BCUT2D eigenvalue weighted by molar-refractivity contribution is 6.04. The molecule has 0 aliphatic heterocycles. The second-order valence-corrected chi connectivity index (χ2v) is 7.25. The SMILES string of the molecule is Cc1cc(-c2[nH][nH]c3cc4nc(C(=O)[C@H](CO)c5ccccc5)nc4cc23)ccn1. The molecule has 7 nitrogen and oxygen atoms in total. The van der Waals surface area contributed by atoms with Gasteiger partial charge in [0, 0.05) is 22.8 Å². The number of fused-ring (bicyclic) bond motifs is 2. The van der Waals surface area contributed by atoms with Crippen LogP contribution in [0.15, 0.2) is 60.8 Å². The number of Topliss-reactive ketones (excluding diaryl/α,β-unsaturated/α-hetero) is 1. The number of nitrogens with one attached hydrogen (secondary N) is 2. The van der Waals surface area contributed by atoms with Gasteiger partial charge in [-0.3, -0.25) is 14.9 Å². The van der Waals surface area contributed by atoms with Crippen molar-refractivity contribution >= 4 is 27.7 Å². The van der Waals surface area contributed by atoms with Crippen molar-refractivity contribution < 1.29 is 9.90 Å². The Bertz CT molecular complexity index is 1370. The lowest BCUT2D eigenvalue weighted by Crippen LogP contribution is -2.18. The van der Waals surface area contributed by atoms with Gasteiger partial charge in [-0.25, -0.2) is 9.97 Å². The van der Waals surface area contributed by atoms with Crippen LogP contribution >= 0.6 is 0 Å². The number of H-pyrrole nitrogens is 2. The molecular weight excluding hydrogens is 378 g/mol. The molecule has 0 saturated carbocycles. The van der Waals surface area contributed by atoms with E-state index in [-0.39, 0.29) is 18.2 Å². The highest BCUT2D eigenvalue weighted by Crippen LogP contribution is 2.30. The topological polar surface area (TPSA) is 108 Å². The minimum atomic E-state index is -0.684. The van der Waals surface area contributed by atoms with Gasteiger partial charge in [0.25, 0.3) is 0 Å². The number of pyridine rings is 1. The molecule has 0 saturated heterocycles. The van der Waals surface area contributed by atoms with Crippen LogP contribution in [-0.4, -0.2) is 42.6 Å². The Morgan fingerprint density at radius 3 is 2.53 bits per heavy atom. The number of aromatic nitrogens is 5. The van der Waals surface area contributed by atoms with Gasteiger partial charge in [-0.05, 0) is 36.8 Å². The quantitative estimate of drug-likeness (QED) is 0.391. The number of hydrogen-bond acceptors (Lipinski definition) is 5. The zero-order valence-corrected chi connectivity index (χ0v) is 16.3. The number of aryl methyl sites for hydroxylation is 1. The fourth-order valence-corrected chi connectivity index (χ4v) is 3.74. The summed E-state index contributed by atoms with van der Waals surface area (Å²) in [7, 11) is 0. The molecule has 5 rings (SSSR count). The summed E-state index contributed by atoms with van der Waals surface area (Å²) in [6.07, 6.45) is 1.77. The number of rotatable bonds is 5. The predicted octanol–water partition coefficient (Wildman–Crippen LogP) is 3.77. The van der Waals surface area contributed by atoms with E-state index in [2.05, 4.69) is 25.1 Å². The Balaban J connectivity index is 1.57. The number of nitrogens with zero attached hydrogens (tertiary/aromatic N) is 3. The molecule has 148 valence electrons. The predicted molar refractivity (Wildman–Crippen MR) is 114 cm³/mol. The van der Waals surface area contributed by atoms with Crippen molar-refractivity contribution in [2.45, 2.75) is 12.8 Å². The number of aromatic amines is 2. The molecular formula is C23H19N5O2. The van der Waals surface area contributed by atoms with Crippen LogP contribution in [-0.2, 0) is 0 Å². The summed E-state index contributed by atoms with van der Waals surface area (Å²) >= 11 is 0. The molecule has 3 N–H and O–H groups in total. The molecule has 0 aliphatic carbocycles. The van der Waals surface area contributed by atoms with Crippen molar-refractivity contribution in [1.82, 2.24) is 25.1 Å². The largest absolute Gasteiger partial charge is 0.395 e. The summed E-state index contributed by atoms with van der Waals surface area (Å²) in [6.45, 7) is 1.65. The third-order valence-electron chi connectivity index (χ3n) is 5.27. The second-order valence-electron chi connectivity index (χ2n) is 7.25. The van der Waals surface area contributed by atoms with Crippen LogP contribution in [0, 0.1) is 6.92 Å². The molecule has 3 aromatic heterocycles. The molecule has 30 heavy (non-hydrogen) atoms. The number of aliphatic hydroxyl groups is 1. The molecule has 0 radical (unpaired) electrons. The van der Waals surface area contributed by atoms with Gasteiger partial charge in [0.2, 0.25) is 5.78 Å². The summed E-state index contributed by atoms with van der Waals surface area (Å²) in [5, 5.41) is 17.1. The van der Waals surface area contributed by atoms with Gasteiger partial charge in [0.15, 0.2) is 5.82 Å². The number of benzene rings is 2. The number of ketones is 1. The lowest BCUT2D eigenvalue weighted by atomic mass is 9.95. The highest BCUT2D eigenvalue weighted by atomic mass is 16.3. The van der Waals surface area contributed by atoms with Gasteiger partial charge in [0.05, 0.1) is 34.8 Å². The molecule has 5 aromatic rings.